The third-order valence-corrected chi connectivity index (χ3v) is 11.0. The van der Waals surface area contributed by atoms with Gasteiger partial charge < -0.3 is 4.74 Å². The topological polar surface area (TPSA) is 47.9 Å². The van der Waals surface area contributed by atoms with Gasteiger partial charge in [-0.1, -0.05) is 196 Å². The van der Waals surface area contributed by atoms with Gasteiger partial charge in [0.15, 0.2) is 11.6 Å². The third kappa shape index (κ3) is 5.98. The lowest BCUT2D eigenvalue weighted by atomic mass is 9.75. The third-order valence-electron chi connectivity index (χ3n) is 11.0. The van der Waals surface area contributed by atoms with Crippen molar-refractivity contribution in [2.24, 2.45) is 0 Å². The molecule has 0 radical (unpaired) electrons. The molecule has 0 saturated carbocycles. The van der Waals surface area contributed by atoms with Gasteiger partial charge in [0.25, 0.3) is 0 Å². The van der Waals surface area contributed by atoms with Crippen molar-refractivity contribution in [2.75, 3.05) is 0 Å². The first-order valence-electron chi connectivity index (χ1n) is 20.9. The molecule has 4 heteroatoms. The minimum atomic E-state index is -2.39. The van der Waals surface area contributed by atoms with Gasteiger partial charge in [-0.25, -0.2) is 15.0 Å². The van der Waals surface area contributed by atoms with E-state index in [1.165, 1.54) is 0 Å². The highest BCUT2D eigenvalue weighted by Gasteiger charge is 2.36. The first kappa shape index (κ1) is 31.7. The summed E-state index contributed by atoms with van der Waals surface area (Å²) in [4.78, 5) is 15.2. The van der Waals surface area contributed by atoms with Crippen LogP contribution < -0.4 is 4.74 Å². The molecule has 0 bridgehead atoms. The van der Waals surface area contributed by atoms with E-state index in [2.05, 4.69) is 127 Å². The van der Waals surface area contributed by atoms with Crippen LogP contribution >= 0.6 is 0 Å². The van der Waals surface area contributed by atoms with Crippen LogP contribution in [0, 0.1) is 0 Å². The monoisotopic (exact) mass is 748 g/mol. The molecule has 9 aromatic rings. The Kier molecular flexibility index (Phi) is 7.98. The second kappa shape index (κ2) is 14.6. The number of nitrogens with zero attached hydrogens (tertiary/aromatic N) is 3. The van der Waals surface area contributed by atoms with Crippen LogP contribution in [-0.2, 0) is 5.41 Å². The van der Waals surface area contributed by atoms with Gasteiger partial charge >= 0.3 is 0 Å². The Bertz CT molecular complexity index is 2930. The fraction of sp³-hybridized carbons (Fsp3) is 0.0556. The number of hydrogen-bond acceptors (Lipinski definition) is 4. The van der Waals surface area contributed by atoms with Gasteiger partial charge in [0.1, 0.15) is 17.8 Å². The van der Waals surface area contributed by atoms with Gasteiger partial charge in [-0.2, -0.15) is 0 Å². The van der Waals surface area contributed by atoms with Crippen molar-refractivity contribution in [1.82, 2.24) is 15.0 Å². The molecule has 276 valence electrons. The summed E-state index contributed by atoms with van der Waals surface area (Å²) in [7, 11) is 0. The van der Waals surface area contributed by atoms with Crippen LogP contribution in [0.5, 0.6) is 11.5 Å². The molecule has 0 fully saturated rings. The van der Waals surface area contributed by atoms with Crippen molar-refractivity contribution in [1.29, 1.82) is 0 Å². The molecule has 8 aromatic carbocycles. The Morgan fingerprint density at radius 2 is 0.810 bits per heavy atom. The van der Waals surface area contributed by atoms with Crippen molar-refractivity contribution in [3.05, 3.63) is 212 Å². The van der Waals surface area contributed by atoms with E-state index < -0.39 is 12.3 Å². The number of ether oxygens (including phenoxy) is 1. The van der Waals surface area contributed by atoms with E-state index in [4.69, 9.17) is 23.8 Å². The van der Waals surface area contributed by atoms with Crippen LogP contribution in [0.1, 0.15) is 29.0 Å². The minimum absolute atomic E-state index is 0.363. The summed E-state index contributed by atoms with van der Waals surface area (Å²) >= 11 is 0. The van der Waals surface area contributed by atoms with E-state index in [-0.39, 0.29) is 0 Å². The minimum Gasteiger partial charge on any atom is -0.456 e. The molecule has 0 amide bonds. The molecule has 1 atom stereocenters. The van der Waals surface area contributed by atoms with E-state index >= 15 is 0 Å². The van der Waals surface area contributed by atoms with Gasteiger partial charge in [-0.05, 0) is 56.6 Å². The number of benzene rings is 8. The molecule has 0 aliphatic carbocycles. The molecule has 1 aliphatic rings. The highest BCUT2D eigenvalue weighted by atomic mass is 16.5. The summed E-state index contributed by atoms with van der Waals surface area (Å²) < 4.78 is 33.1. The van der Waals surface area contributed by atoms with Crippen LogP contribution in [0.25, 0.3) is 78.4 Å². The molecule has 10 rings (SSSR count). The maximum Gasteiger partial charge on any atom is 0.167 e. The number of fused-ring (bicyclic) bond motifs is 2. The number of hydrogen-bond donors (Lipinski definition) is 0. The molecule has 1 aliphatic heterocycles. The molecule has 0 saturated heterocycles. The van der Waals surface area contributed by atoms with Gasteiger partial charge in [0.05, 0.1) is 5.56 Å². The predicted molar refractivity (Wildman–Crippen MR) is 237 cm³/mol. The molecular weight excluding hydrogens is 707 g/mol. The van der Waals surface area contributed by atoms with E-state index in [9.17, 15) is 0 Å². The zero-order valence-electron chi connectivity index (χ0n) is 34.8. The van der Waals surface area contributed by atoms with Crippen LogP contribution in [0.2, 0.25) is 0 Å². The summed E-state index contributed by atoms with van der Waals surface area (Å²) in [6.45, 7) is -0.618. The van der Waals surface area contributed by atoms with Crippen LogP contribution in [0.4, 0.5) is 0 Å². The fourth-order valence-corrected chi connectivity index (χ4v) is 8.43. The molecule has 0 spiro atoms. The van der Waals surface area contributed by atoms with Crippen molar-refractivity contribution in [3.8, 4) is 89.9 Å². The Morgan fingerprint density at radius 1 is 0.414 bits per heavy atom. The lowest BCUT2D eigenvalue weighted by Crippen LogP contribution is -2.24. The van der Waals surface area contributed by atoms with Crippen molar-refractivity contribution < 1.29 is 8.85 Å². The standard InChI is InChI=1S/C54H39N3O/c1-54(2)42-32-18-19-34-44(42)58-51-41(31-20-33-43(51)54)52-55-35-56-53(57-52)50-48(39-27-14-6-15-28-39)46(37-23-10-4-11-24-37)45(36-21-8-3-9-22-36)47(38-25-12-5-13-26-38)49(50)40-29-16-7-17-30-40/h3-35H,1-2H3/i1D3. The van der Waals surface area contributed by atoms with Crippen LogP contribution in [0.3, 0.4) is 0 Å². The summed E-state index contributed by atoms with van der Waals surface area (Å²) in [5, 5.41) is 0. The maximum absolute atomic E-state index is 8.82. The van der Waals surface area contributed by atoms with Gasteiger partial charge in [0, 0.05) is 37.3 Å². The molecule has 58 heavy (non-hydrogen) atoms. The van der Waals surface area contributed by atoms with E-state index in [1.807, 2.05) is 66.7 Å². The lowest BCUT2D eigenvalue weighted by molar-refractivity contribution is 0.419. The normalized spacial score (nSPS) is 15.2. The Balaban J connectivity index is 1.36. The molecule has 2 heterocycles. The SMILES string of the molecule is [2H]C([2H])([2H])C1(C)c2ccccc2Oc2c(-c3ncnc(-c4c(-c5ccccc5)c(-c5ccccc5)c(-c5ccccc5)c(-c5ccccc5)c4-c4ccccc4)n3)cccc21. The highest BCUT2D eigenvalue weighted by molar-refractivity contribution is 6.14. The smallest absolute Gasteiger partial charge is 0.167 e. The zero-order valence-corrected chi connectivity index (χ0v) is 31.8. The number of aromatic nitrogens is 3. The Morgan fingerprint density at radius 3 is 1.28 bits per heavy atom. The maximum atomic E-state index is 8.82. The number of rotatable bonds is 7. The molecule has 0 N–H and O–H groups in total. The number of para-hydroxylation sites is 2. The van der Waals surface area contributed by atoms with Crippen molar-refractivity contribution in [2.45, 2.75) is 19.2 Å². The second-order valence-electron chi connectivity index (χ2n) is 14.6. The van der Waals surface area contributed by atoms with Gasteiger partial charge in [-0.3, -0.25) is 0 Å². The molecule has 1 aromatic heterocycles. The Hall–Kier alpha value is -7.43. The predicted octanol–water partition coefficient (Wildman–Crippen LogP) is 14.0. The van der Waals surface area contributed by atoms with Gasteiger partial charge in [-0.15, -0.1) is 0 Å². The summed E-state index contributed by atoms with van der Waals surface area (Å²) in [5.74, 6) is 1.73. The molecular formula is C54H39N3O. The zero-order chi connectivity index (χ0) is 41.6. The van der Waals surface area contributed by atoms with Crippen molar-refractivity contribution >= 4 is 0 Å². The average molecular weight is 749 g/mol. The lowest BCUT2D eigenvalue weighted by Gasteiger charge is -2.35. The first-order chi connectivity index (χ1) is 29.8. The van der Waals surface area contributed by atoms with Crippen LogP contribution in [0.15, 0.2) is 200 Å². The first-order valence-corrected chi connectivity index (χ1v) is 19.4. The van der Waals surface area contributed by atoms with E-state index in [1.54, 1.807) is 13.3 Å². The van der Waals surface area contributed by atoms with Crippen LogP contribution in [-0.4, -0.2) is 15.0 Å². The summed E-state index contributed by atoms with van der Waals surface area (Å²) in [6, 6.07) is 65.5. The summed E-state index contributed by atoms with van der Waals surface area (Å²) in [5.41, 5.74) is 11.5. The van der Waals surface area contributed by atoms with Crippen molar-refractivity contribution in [3.63, 3.8) is 0 Å². The van der Waals surface area contributed by atoms with Gasteiger partial charge in [0.2, 0.25) is 0 Å². The quantitative estimate of drug-likeness (QED) is 0.163. The molecule has 4 nitrogen and oxygen atoms in total. The van der Waals surface area contributed by atoms with E-state index in [0.717, 1.165) is 61.2 Å². The summed E-state index contributed by atoms with van der Waals surface area (Å²) in [6.07, 6.45) is 1.55. The second-order valence-corrected chi connectivity index (χ2v) is 14.6. The molecule has 1 unspecified atom stereocenters. The average Bonchev–Trinajstić information content (AvgIpc) is 3.31. The fourth-order valence-electron chi connectivity index (χ4n) is 8.43. The Labute approximate surface area is 343 Å². The highest BCUT2D eigenvalue weighted by Crippen LogP contribution is 2.56. The largest absolute Gasteiger partial charge is 0.456 e. The van der Waals surface area contributed by atoms with E-state index in [0.29, 0.717) is 39.8 Å².